The molecule has 3 N–H and O–H groups in total. The third-order valence-corrected chi connectivity index (χ3v) is 10.3. The zero-order valence-corrected chi connectivity index (χ0v) is 21.1. The molecule has 1 amide bonds. The van der Waals surface area contributed by atoms with E-state index in [9.17, 15) is 24.6 Å². The first-order valence-corrected chi connectivity index (χ1v) is 13.7. The third-order valence-electron chi connectivity index (χ3n) is 10.3. The number of ether oxygens (including phenoxy) is 2. The number of hydrogen-bond acceptors (Lipinski definition) is 8. The predicted molar refractivity (Wildman–Crippen MR) is 130 cm³/mol. The van der Waals surface area contributed by atoms with E-state index in [1.807, 2.05) is 6.07 Å². The Labute approximate surface area is 215 Å². The molecule has 0 radical (unpaired) electrons. The van der Waals surface area contributed by atoms with Crippen LogP contribution in [0.25, 0.3) is 0 Å². The van der Waals surface area contributed by atoms with Gasteiger partial charge >= 0.3 is 5.97 Å². The molecule has 7 rings (SSSR count). The van der Waals surface area contributed by atoms with E-state index < -0.39 is 46.2 Å². The number of nitrogens with zero attached hydrogens (tertiary/aromatic N) is 1. The van der Waals surface area contributed by atoms with Crippen LogP contribution < -0.4 is 10.1 Å². The highest BCUT2D eigenvalue weighted by atomic mass is 16.5. The molecule has 1 aromatic rings. The van der Waals surface area contributed by atoms with E-state index in [1.54, 1.807) is 6.07 Å². The van der Waals surface area contributed by atoms with Crippen molar-refractivity contribution < 1.29 is 34.1 Å². The van der Waals surface area contributed by atoms with Gasteiger partial charge in [0.25, 0.3) is 0 Å². The summed E-state index contributed by atoms with van der Waals surface area (Å²) in [4.78, 5) is 42.8. The number of nitrogens with one attached hydrogen (secondary N) is 1. The molecular formula is C28H34N2O7. The Morgan fingerprint density at radius 1 is 1.22 bits per heavy atom. The molecule has 1 spiro atoms. The summed E-state index contributed by atoms with van der Waals surface area (Å²) in [6, 6.07) is 3.22. The zero-order valence-electron chi connectivity index (χ0n) is 21.1. The molecule has 2 bridgehead atoms. The Kier molecular flexibility index (Phi) is 4.88. The van der Waals surface area contributed by atoms with Gasteiger partial charge in [0.05, 0.1) is 18.1 Å². The van der Waals surface area contributed by atoms with Gasteiger partial charge in [-0.1, -0.05) is 18.9 Å². The Bertz CT molecular complexity index is 1210. The molecular weight excluding hydrogens is 476 g/mol. The highest BCUT2D eigenvalue weighted by molar-refractivity contribution is 6.07. The van der Waals surface area contributed by atoms with E-state index >= 15 is 0 Å². The van der Waals surface area contributed by atoms with Crippen LogP contribution in [0, 0.1) is 11.8 Å². The first-order valence-electron chi connectivity index (χ1n) is 13.7. The summed E-state index contributed by atoms with van der Waals surface area (Å²) in [5.41, 5.74) is -1.79. The molecule has 1 saturated heterocycles. The van der Waals surface area contributed by atoms with Gasteiger partial charge in [-0.15, -0.1) is 0 Å². The summed E-state index contributed by atoms with van der Waals surface area (Å²) in [5, 5.41) is 26.3. The smallest absolute Gasteiger partial charge is 0.331 e. The van der Waals surface area contributed by atoms with Gasteiger partial charge in [-0.2, -0.15) is 0 Å². The second kappa shape index (κ2) is 7.69. The molecule has 4 aliphatic carbocycles. The molecule has 9 nitrogen and oxygen atoms in total. The topological polar surface area (TPSA) is 125 Å². The van der Waals surface area contributed by atoms with Crippen LogP contribution in [-0.2, 0) is 31.0 Å². The number of benzene rings is 1. The first kappa shape index (κ1) is 23.5. The minimum atomic E-state index is -1.39. The lowest BCUT2D eigenvalue weighted by molar-refractivity contribution is -0.199. The summed E-state index contributed by atoms with van der Waals surface area (Å²) < 4.78 is 11.2. The first-order chi connectivity index (χ1) is 17.7. The van der Waals surface area contributed by atoms with Crippen LogP contribution in [0.1, 0.15) is 62.5 Å². The molecule has 1 aromatic carbocycles. The lowest BCUT2D eigenvalue weighted by Crippen LogP contribution is -2.78. The van der Waals surface area contributed by atoms with E-state index in [4.69, 9.17) is 9.47 Å². The standard InChI is InChI=1S/C28H34N2O7/c1-36-25(34)26(8-2-3-9-26)29-24(33)17-13-28(35)19-12-16-6-7-18(31)22-20(16)27(28,23(37-22)21(17)32)10-11-30(19)14-15-4-5-15/h6-7,15,17,19,23,31,35H,2-5,8-14H2,1H3,(H,29,33)/t17?,19-,23+,27+,28-/m1/s1. The number of aliphatic hydroxyl groups is 1. The lowest BCUT2D eigenvalue weighted by Gasteiger charge is -2.63. The molecule has 9 heteroatoms. The van der Waals surface area contributed by atoms with Gasteiger partial charge < -0.3 is 25.0 Å². The summed E-state index contributed by atoms with van der Waals surface area (Å²) >= 11 is 0. The normalized spacial score (nSPS) is 37.0. The van der Waals surface area contributed by atoms with Gasteiger partial charge in [0.1, 0.15) is 11.5 Å². The van der Waals surface area contributed by atoms with Crippen LogP contribution in [0.15, 0.2) is 12.1 Å². The highest BCUT2D eigenvalue weighted by Crippen LogP contribution is 2.65. The van der Waals surface area contributed by atoms with E-state index in [2.05, 4.69) is 10.2 Å². The van der Waals surface area contributed by atoms with Crippen LogP contribution in [0.2, 0.25) is 0 Å². The Balaban J connectivity index is 1.30. The number of Topliss-reactive ketones (excluding diaryl/α,β-unsaturated/α-hetero) is 1. The van der Waals surface area contributed by atoms with Crippen molar-refractivity contribution in [1.82, 2.24) is 10.2 Å². The van der Waals surface area contributed by atoms with Gasteiger partial charge in [0.2, 0.25) is 5.91 Å². The Morgan fingerprint density at radius 2 is 1.97 bits per heavy atom. The maximum Gasteiger partial charge on any atom is 0.331 e. The van der Waals surface area contributed by atoms with Gasteiger partial charge in [0, 0.05) is 18.2 Å². The number of phenols is 1. The predicted octanol–water partition coefficient (Wildman–Crippen LogP) is 1.35. The summed E-state index contributed by atoms with van der Waals surface area (Å²) in [6.07, 6.45) is 4.85. The number of amides is 1. The minimum Gasteiger partial charge on any atom is -0.504 e. The minimum absolute atomic E-state index is 0.0326. The maximum atomic E-state index is 14.0. The van der Waals surface area contributed by atoms with E-state index in [1.165, 1.54) is 20.0 Å². The molecule has 6 aliphatic rings. The SMILES string of the molecule is COC(=O)C1(NC(=O)C2C[C@@]3(O)[C@H]4Cc5ccc(O)c6c5[C@@]3(CCN4CC3CC3)[C@@H](O6)C2=O)CCCC1. The number of hydrogen-bond donors (Lipinski definition) is 3. The molecule has 4 fully saturated rings. The number of likely N-dealkylation sites (tertiary alicyclic amines) is 1. The van der Waals surface area contributed by atoms with Crippen molar-refractivity contribution in [1.29, 1.82) is 0 Å². The number of methoxy groups -OCH3 is 1. The number of carbonyl (C=O) groups excluding carboxylic acids is 3. The fourth-order valence-electron chi connectivity index (χ4n) is 8.40. The highest BCUT2D eigenvalue weighted by Gasteiger charge is 2.75. The Hall–Kier alpha value is -2.65. The average Bonchev–Trinajstić information content (AvgIpc) is 3.43. The van der Waals surface area contributed by atoms with Crippen molar-refractivity contribution >= 4 is 17.7 Å². The van der Waals surface area contributed by atoms with Crippen molar-refractivity contribution in [3.63, 3.8) is 0 Å². The van der Waals surface area contributed by atoms with Crippen molar-refractivity contribution in [2.45, 2.75) is 86.5 Å². The fourth-order valence-corrected chi connectivity index (χ4v) is 8.40. The van der Waals surface area contributed by atoms with Crippen LogP contribution in [-0.4, -0.2) is 76.3 Å². The Morgan fingerprint density at radius 3 is 2.68 bits per heavy atom. The summed E-state index contributed by atoms with van der Waals surface area (Å²) in [7, 11) is 1.30. The van der Waals surface area contributed by atoms with Crippen LogP contribution >= 0.6 is 0 Å². The van der Waals surface area contributed by atoms with Crippen molar-refractivity contribution in [2.75, 3.05) is 20.2 Å². The molecule has 198 valence electrons. The quantitative estimate of drug-likeness (QED) is 0.401. The van der Waals surface area contributed by atoms with E-state index in [-0.39, 0.29) is 24.0 Å². The number of phenolic OH excluding ortho intramolecular Hbond substituents is 1. The molecule has 0 aromatic heterocycles. The second-order valence-corrected chi connectivity index (χ2v) is 12.2. The number of rotatable bonds is 5. The molecule has 2 heterocycles. The molecule has 5 atom stereocenters. The van der Waals surface area contributed by atoms with Crippen molar-refractivity contribution in [3.8, 4) is 11.5 Å². The summed E-state index contributed by atoms with van der Waals surface area (Å²) in [5.74, 6) is -1.76. The van der Waals surface area contributed by atoms with E-state index in [0.717, 1.165) is 37.1 Å². The van der Waals surface area contributed by atoms with Crippen LogP contribution in [0.5, 0.6) is 11.5 Å². The van der Waals surface area contributed by atoms with Crippen LogP contribution in [0.4, 0.5) is 0 Å². The number of piperidine rings is 1. The van der Waals surface area contributed by atoms with Crippen molar-refractivity contribution in [2.24, 2.45) is 11.8 Å². The molecule has 37 heavy (non-hydrogen) atoms. The number of carbonyl (C=O) groups is 3. The van der Waals surface area contributed by atoms with E-state index in [0.29, 0.717) is 31.6 Å². The van der Waals surface area contributed by atoms with Gasteiger partial charge in [-0.05, 0) is 69.0 Å². The number of esters is 1. The number of aromatic hydroxyl groups is 1. The zero-order chi connectivity index (χ0) is 25.7. The number of ketones is 1. The lowest BCUT2D eigenvalue weighted by atomic mass is 9.47. The molecule has 1 unspecified atom stereocenters. The monoisotopic (exact) mass is 510 g/mol. The molecule has 2 aliphatic heterocycles. The van der Waals surface area contributed by atoms with Gasteiger partial charge in [-0.25, -0.2) is 4.79 Å². The van der Waals surface area contributed by atoms with Gasteiger partial charge in [-0.3, -0.25) is 14.5 Å². The van der Waals surface area contributed by atoms with Crippen molar-refractivity contribution in [3.05, 3.63) is 23.3 Å². The summed E-state index contributed by atoms with van der Waals surface area (Å²) in [6.45, 7) is 1.62. The largest absolute Gasteiger partial charge is 0.504 e. The molecule has 3 saturated carbocycles. The third kappa shape index (κ3) is 2.95. The van der Waals surface area contributed by atoms with Gasteiger partial charge in [0.15, 0.2) is 23.4 Å². The van der Waals surface area contributed by atoms with Crippen LogP contribution in [0.3, 0.4) is 0 Å². The average molecular weight is 511 g/mol. The second-order valence-electron chi connectivity index (χ2n) is 12.2. The maximum absolute atomic E-state index is 14.0. The fraction of sp³-hybridized carbons (Fsp3) is 0.679.